The summed E-state index contributed by atoms with van der Waals surface area (Å²) in [6, 6.07) is 9.08. The topological polar surface area (TPSA) is 9.23 Å². The van der Waals surface area contributed by atoms with Gasteiger partial charge in [-0.3, -0.25) is 0 Å². The van der Waals surface area contributed by atoms with Crippen LogP contribution in [0.5, 0.6) is 5.75 Å². The monoisotopic (exact) mass is 282 g/mol. The summed E-state index contributed by atoms with van der Waals surface area (Å²) in [5.74, 6) is -0.405. The number of methoxy groups -OCH3 is 1. The Bertz CT molecular complexity index is 599. The molecule has 0 saturated heterocycles. The van der Waals surface area contributed by atoms with E-state index in [9.17, 15) is 8.78 Å². The largest absolute Gasteiger partial charge is 0.497 e. The zero-order chi connectivity index (χ0) is 14.0. The molecular formula is C15H13ClF2O. The Kier molecular flexibility index (Phi) is 4.05. The maximum Gasteiger partial charge on any atom is 0.131 e. The Morgan fingerprint density at radius 2 is 1.79 bits per heavy atom. The molecule has 0 N–H and O–H groups in total. The summed E-state index contributed by atoms with van der Waals surface area (Å²) < 4.78 is 32.3. The van der Waals surface area contributed by atoms with Gasteiger partial charge in [-0.2, -0.15) is 0 Å². The Balaban J connectivity index is 2.38. The van der Waals surface area contributed by atoms with Gasteiger partial charge < -0.3 is 4.74 Å². The van der Waals surface area contributed by atoms with Gasteiger partial charge in [0, 0.05) is 11.6 Å². The molecule has 0 aliphatic carbocycles. The smallest absolute Gasteiger partial charge is 0.131 e. The van der Waals surface area contributed by atoms with E-state index in [0.29, 0.717) is 22.4 Å². The van der Waals surface area contributed by atoms with E-state index in [4.69, 9.17) is 16.3 Å². The first-order valence-corrected chi connectivity index (χ1v) is 6.20. The first-order valence-electron chi connectivity index (χ1n) is 5.76. The lowest BCUT2D eigenvalue weighted by atomic mass is 10.0. The maximum atomic E-state index is 13.9. The second-order valence-electron chi connectivity index (χ2n) is 4.26. The minimum atomic E-state index is -0.735. The average Bonchev–Trinajstić information content (AvgIpc) is 2.41. The van der Waals surface area contributed by atoms with Crippen molar-refractivity contribution in [1.82, 2.24) is 0 Å². The molecule has 4 heteroatoms. The SMILES string of the molecule is COc1ccc(C(Cl)c2ccc(C)c(F)c2)c(F)c1. The Morgan fingerprint density at radius 3 is 2.37 bits per heavy atom. The number of aryl methyl sites for hydroxylation is 1. The summed E-state index contributed by atoms with van der Waals surface area (Å²) in [6.07, 6.45) is 0. The molecule has 0 spiro atoms. The van der Waals surface area contributed by atoms with E-state index < -0.39 is 11.2 Å². The maximum absolute atomic E-state index is 13.9. The van der Waals surface area contributed by atoms with Gasteiger partial charge in [0.25, 0.3) is 0 Å². The second-order valence-corrected chi connectivity index (χ2v) is 4.70. The summed E-state index contributed by atoms with van der Waals surface area (Å²) >= 11 is 6.21. The normalized spacial score (nSPS) is 12.3. The predicted octanol–water partition coefficient (Wildman–Crippen LogP) is 4.61. The summed E-state index contributed by atoms with van der Waals surface area (Å²) in [5.41, 5.74) is 1.35. The van der Waals surface area contributed by atoms with Crippen LogP contribution in [0.3, 0.4) is 0 Å². The second kappa shape index (κ2) is 5.57. The van der Waals surface area contributed by atoms with Crippen molar-refractivity contribution in [2.24, 2.45) is 0 Å². The summed E-state index contributed by atoms with van der Waals surface area (Å²) in [4.78, 5) is 0. The lowest BCUT2D eigenvalue weighted by Crippen LogP contribution is -1.99. The van der Waals surface area contributed by atoms with Crippen molar-refractivity contribution < 1.29 is 13.5 Å². The van der Waals surface area contributed by atoms with Crippen LogP contribution in [0.15, 0.2) is 36.4 Å². The van der Waals surface area contributed by atoms with E-state index in [1.807, 2.05) is 0 Å². The van der Waals surface area contributed by atoms with Gasteiger partial charge in [0.05, 0.1) is 12.5 Å². The molecule has 0 aliphatic rings. The van der Waals surface area contributed by atoms with Crippen LogP contribution < -0.4 is 4.74 Å². The number of hydrogen-bond donors (Lipinski definition) is 0. The molecule has 0 bridgehead atoms. The fourth-order valence-corrected chi connectivity index (χ4v) is 2.10. The fourth-order valence-electron chi connectivity index (χ4n) is 1.79. The van der Waals surface area contributed by atoms with Crippen LogP contribution in [0.25, 0.3) is 0 Å². The highest BCUT2D eigenvalue weighted by Crippen LogP contribution is 2.32. The summed E-state index contributed by atoms with van der Waals surface area (Å²) in [5, 5.41) is -0.735. The third kappa shape index (κ3) is 2.87. The summed E-state index contributed by atoms with van der Waals surface area (Å²) in [6.45, 7) is 1.66. The number of ether oxygens (including phenoxy) is 1. The van der Waals surface area contributed by atoms with E-state index in [1.54, 1.807) is 31.2 Å². The zero-order valence-corrected chi connectivity index (χ0v) is 11.3. The molecule has 0 aliphatic heterocycles. The Hall–Kier alpha value is -1.61. The van der Waals surface area contributed by atoms with Crippen LogP contribution in [-0.2, 0) is 0 Å². The van der Waals surface area contributed by atoms with Crippen LogP contribution in [-0.4, -0.2) is 7.11 Å². The third-order valence-electron chi connectivity index (χ3n) is 2.97. The molecule has 1 unspecified atom stereocenters. The first kappa shape index (κ1) is 13.8. The van der Waals surface area contributed by atoms with Crippen LogP contribution in [0.2, 0.25) is 0 Å². The fraction of sp³-hybridized carbons (Fsp3) is 0.200. The lowest BCUT2D eigenvalue weighted by molar-refractivity contribution is 0.410. The predicted molar refractivity (Wildman–Crippen MR) is 71.8 cm³/mol. The van der Waals surface area contributed by atoms with Crippen molar-refractivity contribution in [3.8, 4) is 5.75 Å². The quantitative estimate of drug-likeness (QED) is 0.747. The van der Waals surface area contributed by atoms with E-state index in [0.717, 1.165) is 0 Å². The van der Waals surface area contributed by atoms with Gasteiger partial charge in [-0.05, 0) is 30.2 Å². The molecule has 0 saturated carbocycles. The Morgan fingerprint density at radius 1 is 1.05 bits per heavy atom. The molecule has 2 aromatic rings. The first-order chi connectivity index (χ1) is 9.02. The van der Waals surface area contributed by atoms with Crippen molar-refractivity contribution in [3.05, 3.63) is 64.7 Å². The van der Waals surface area contributed by atoms with Gasteiger partial charge in [-0.1, -0.05) is 18.2 Å². The molecule has 0 aromatic heterocycles. The number of alkyl halides is 1. The Labute approximate surface area is 115 Å². The van der Waals surface area contributed by atoms with Crippen molar-refractivity contribution in [2.45, 2.75) is 12.3 Å². The average molecular weight is 283 g/mol. The molecule has 0 amide bonds. The van der Waals surface area contributed by atoms with Crippen molar-refractivity contribution in [2.75, 3.05) is 7.11 Å². The van der Waals surface area contributed by atoms with Crippen LogP contribution in [0, 0.1) is 18.6 Å². The highest BCUT2D eigenvalue weighted by molar-refractivity contribution is 6.22. The summed E-state index contributed by atoms with van der Waals surface area (Å²) in [7, 11) is 1.46. The minimum absolute atomic E-state index is 0.297. The third-order valence-corrected chi connectivity index (χ3v) is 3.46. The molecule has 1 atom stereocenters. The van der Waals surface area contributed by atoms with Gasteiger partial charge >= 0.3 is 0 Å². The number of halogens is 3. The molecule has 0 fully saturated rings. The van der Waals surface area contributed by atoms with E-state index in [1.165, 1.54) is 19.2 Å². The molecule has 0 heterocycles. The van der Waals surface area contributed by atoms with E-state index in [2.05, 4.69) is 0 Å². The molecular weight excluding hydrogens is 270 g/mol. The van der Waals surface area contributed by atoms with Crippen LogP contribution in [0.1, 0.15) is 22.1 Å². The van der Waals surface area contributed by atoms with Crippen LogP contribution >= 0.6 is 11.6 Å². The lowest BCUT2D eigenvalue weighted by Gasteiger charge is -2.13. The van der Waals surface area contributed by atoms with E-state index in [-0.39, 0.29) is 5.82 Å². The van der Waals surface area contributed by atoms with Gasteiger partial charge in [0.1, 0.15) is 17.4 Å². The van der Waals surface area contributed by atoms with Gasteiger partial charge in [-0.25, -0.2) is 8.78 Å². The standard InChI is InChI=1S/C15H13ClF2O/c1-9-3-4-10(7-13(9)17)15(16)12-6-5-11(19-2)8-14(12)18/h3-8,15H,1-2H3. The van der Waals surface area contributed by atoms with Crippen molar-refractivity contribution in [3.63, 3.8) is 0 Å². The number of benzene rings is 2. The van der Waals surface area contributed by atoms with Crippen molar-refractivity contribution in [1.29, 1.82) is 0 Å². The van der Waals surface area contributed by atoms with E-state index >= 15 is 0 Å². The van der Waals surface area contributed by atoms with Crippen molar-refractivity contribution >= 4 is 11.6 Å². The zero-order valence-electron chi connectivity index (χ0n) is 10.6. The van der Waals surface area contributed by atoms with Gasteiger partial charge in [0.2, 0.25) is 0 Å². The number of hydrogen-bond acceptors (Lipinski definition) is 1. The highest BCUT2D eigenvalue weighted by Gasteiger charge is 2.17. The molecule has 100 valence electrons. The molecule has 2 rings (SSSR count). The van der Waals surface area contributed by atoms with Gasteiger partial charge in [-0.15, -0.1) is 11.6 Å². The molecule has 1 nitrogen and oxygen atoms in total. The van der Waals surface area contributed by atoms with Gasteiger partial charge in [0.15, 0.2) is 0 Å². The minimum Gasteiger partial charge on any atom is -0.497 e. The molecule has 19 heavy (non-hydrogen) atoms. The highest BCUT2D eigenvalue weighted by atomic mass is 35.5. The molecule has 2 aromatic carbocycles. The number of rotatable bonds is 3. The van der Waals surface area contributed by atoms with Crippen LogP contribution in [0.4, 0.5) is 8.78 Å². The molecule has 0 radical (unpaired) electrons.